The number of amides is 1. The van der Waals surface area contributed by atoms with Crippen LogP contribution in [0, 0.1) is 11.7 Å². The molecule has 34 heavy (non-hydrogen) atoms. The van der Waals surface area contributed by atoms with Crippen LogP contribution >= 0.6 is 0 Å². The number of carbonyl (C=O) groups excluding carboxylic acids is 1. The number of benzene rings is 1. The topological polar surface area (TPSA) is 88.2 Å². The molecule has 186 valence electrons. The summed E-state index contributed by atoms with van der Waals surface area (Å²) >= 11 is 0. The number of aromatic nitrogens is 1. The van der Waals surface area contributed by atoms with Crippen molar-refractivity contribution in [3.63, 3.8) is 0 Å². The van der Waals surface area contributed by atoms with Crippen LogP contribution in [0.3, 0.4) is 0 Å². The van der Waals surface area contributed by atoms with Gasteiger partial charge in [-0.05, 0) is 54.2 Å². The lowest BCUT2D eigenvalue weighted by atomic mass is 9.99. The molecule has 0 radical (unpaired) electrons. The van der Waals surface area contributed by atoms with Crippen LogP contribution < -0.4 is 10.0 Å². The molecular formula is C23H27F4N3O3S. The number of hydrogen-bond acceptors (Lipinski definition) is 4. The molecule has 0 bridgehead atoms. The van der Waals surface area contributed by atoms with Crippen LogP contribution in [0.5, 0.6) is 0 Å². The van der Waals surface area contributed by atoms with Crippen molar-refractivity contribution in [2.45, 2.75) is 39.3 Å². The number of hydrogen-bond donors (Lipinski definition) is 2. The van der Waals surface area contributed by atoms with Crippen molar-refractivity contribution in [2.24, 2.45) is 5.92 Å². The van der Waals surface area contributed by atoms with Crippen LogP contribution in [-0.4, -0.2) is 32.1 Å². The number of anilines is 1. The molecule has 11 heteroatoms. The Balaban J connectivity index is 2.01. The molecule has 1 aromatic carbocycles. The third kappa shape index (κ3) is 8.77. The molecule has 0 spiro atoms. The van der Waals surface area contributed by atoms with Gasteiger partial charge >= 0.3 is 6.18 Å². The summed E-state index contributed by atoms with van der Waals surface area (Å²) in [6, 6.07) is 6.18. The Labute approximate surface area is 196 Å². The van der Waals surface area contributed by atoms with Gasteiger partial charge in [0.2, 0.25) is 15.9 Å². The molecule has 1 aromatic heterocycles. The second-order valence-corrected chi connectivity index (χ2v) is 9.76. The monoisotopic (exact) mass is 501 g/mol. The van der Waals surface area contributed by atoms with Crippen molar-refractivity contribution in [3.05, 3.63) is 64.7 Å². The second kappa shape index (κ2) is 11.5. The van der Waals surface area contributed by atoms with Gasteiger partial charge in [0.15, 0.2) is 0 Å². The Morgan fingerprint density at radius 3 is 2.50 bits per heavy atom. The minimum Gasteiger partial charge on any atom is -0.352 e. The summed E-state index contributed by atoms with van der Waals surface area (Å²) in [5.41, 5.74) is 0.101. The maximum atomic E-state index is 14.0. The lowest BCUT2D eigenvalue weighted by molar-refractivity contribution is -0.141. The van der Waals surface area contributed by atoms with Crippen molar-refractivity contribution in [2.75, 3.05) is 17.5 Å². The molecule has 1 atom stereocenters. The highest BCUT2D eigenvalue weighted by molar-refractivity contribution is 7.92. The van der Waals surface area contributed by atoms with Gasteiger partial charge in [-0.15, -0.1) is 0 Å². The molecule has 2 rings (SSSR count). The summed E-state index contributed by atoms with van der Waals surface area (Å²) in [5.74, 6) is -1.08. The van der Waals surface area contributed by atoms with E-state index in [0.717, 1.165) is 18.7 Å². The van der Waals surface area contributed by atoms with Gasteiger partial charge in [0.05, 0.1) is 11.9 Å². The molecule has 0 fully saturated rings. The molecular weight excluding hydrogens is 474 g/mol. The van der Waals surface area contributed by atoms with E-state index in [9.17, 15) is 30.8 Å². The van der Waals surface area contributed by atoms with E-state index in [0.29, 0.717) is 17.5 Å². The Hall–Kier alpha value is -2.95. The van der Waals surface area contributed by atoms with E-state index < -0.39 is 33.6 Å². The van der Waals surface area contributed by atoms with E-state index in [1.165, 1.54) is 36.4 Å². The SMILES string of the molecule is CC[C@@H](C)Cc1nc(C(F)(F)F)ccc1C=CC(=O)NCCc1ccc(NS(C)(=O)=O)c(F)c1. The molecule has 2 aromatic rings. The van der Waals surface area contributed by atoms with Crippen LogP contribution in [0.15, 0.2) is 36.4 Å². The lowest BCUT2D eigenvalue weighted by Crippen LogP contribution is -2.23. The second-order valence-electron chi connectivity index (χ2n) is 8.01. The molecule has 2 N–H and O–H groups in total. The lowest BCUT2D eigenvalue weighted by Gasteiger charge is -2.13. The zero-order valence-corrected chi connectivity index (χ0v) is 19.9. The Morgan fingerprint density at radius 1 is 1.21 bits per heavy atom. The van der Waals surface area contributed by atoms with Crippen molar-refractivity contribution >= 4 is 27.7 Å². The molecule has 0 saturated heterocycles. The van der Waals surface area contributed by atoms with E-state index in [-0.39, 0.29) is 30.3 Å². The van der Waals surface area contributed by atoms with Gasteiger partial charge in [-0.1, -0.05) is 32.4 Å². The first-order valence-corrected chi connectivity index (χ1v) is 12.5. The number of pyridine rings is 1. The van der Waals surface area contributed by atoms with Crippen molar-refractivity contribution in [1.82, 2.24) is 10.3 Å². The minimum atomic E-state index is -4.55. The van der Waals surface area contributed by atoms with Crippen LogP contribution in [0.1, 0.15) is 42.8 Å². The summed E-state index contributed by atoms with van der Waals surface area (Å²) in [5, 5.41) is 2.62. The standard InChI is InChI=1S/C23H27F4N3O3S/c1-4-15(2)13-20-17(6-9-21(29-20)23(25,26)27)7-10-22(31)28-12-11-16-5-8-19(18(24)14-16)30-34(3,32)33/h5-10,14-15,30H,4,11-13H2,1-3H3,(H,28,31)/t15-/m1/s1. The van der Waals surface area contributed by atoms with Crippen LogP contribution in [0.4, 0.5) is 23.2 Å². The average Bonchev–Trinajstić information content (AvgIpc) is 2.73. The quantitative estimate of drug-likeness (QED) is 0.369. The molecule has 1 amide bonds. The molecule has 0 unspecified atom stereocenters. The third-order valence-electron chi connectivity index (χ3n) is 4.99. The first-order chi connectivity index (χ1) is 15.8. The number of nitrogens with zero attached hydrogens (tertiary/aromatic N) is 1. The summed E-state index contributed by atoms with van der Waals surface area (Å²) < 4.78 is 77.6. The number of sulfonamides is 1. The van der Waals surface area contributed by atoms with Gasteiger partial charge in [-0.3, -0.25) is 9.52 Å². The Kier molecular flexibility index (Phi) is 9.20. The van der Waals surface area contributed by atoms with Gasteiger partial charge in [-0.2, -0.15) is 13.2 Å². The fraction of sp³-hybridized carbons (Fsp3) is 0.391. The Bertz CT molecular complexity index is 1150. The summed E-state index contributed by atoms with van der Waals surface area (Å²) in [4.78, 5) is 15.9. The van der Waals surface area contributed by atoms with Gasteiger partial charge in [0, 0.05) is 18.3 Å². The van der Waals surface area contributed by atoms with Gasteiger partial charge in [0.1, 0.15) is 11.5 Å². The van der Waals surface area contributed by atoms with Gasteiger partial charge in [0.25, 0.3) is 0 Å². The number of nitrogens with one attached hydrogen (secondary N) is 2. The van der Waals surface area contributed by atoms with E-state index in [1.807, 2.05) is 13.8 Å². The van der Waals surface area contributed by atoms with Crippen LogP contribution in [-0.2, 0) is 33.8 Å². The molecule has 0 aliphatic carbocycles. The first-order valence-electron chi connectivity index (χ1n) is 10.6. The minimum absolute atomic E-state index is 0.122. The van der Waals surface area contributed by atoms with Crippen LogP contribution in [0.25, 0.3) is 6.08 Å². The zero-order valence-electron chi connectivity index (χ0n) is 19.0. The molecule has 6 nitrogen and oxygen atoms in total. The highest BCUT2D eigenvalue weighted by atomic mass is 32.2. The van der Waals surface area contributed by atoms with Crippen molar-refractivity contribution in [3.8, 4) is 0 Å². The fourth-order valence-electron chi connectivity index (χ4n) is 3.01. The number of carbonyl (C=O) groups is 1. The first kappa shape index (κ1) is 27.3. The molecule has 0 aliphatic rings. The van der Waals surface area contributed by atoms with E-state index in [4.69, 9.17) is 0 Å². The highest BCUT2D eigenvalue weighted by Gasteiger charge is 2.33. The molecule has 0 saturated carbocycles. The van der Waals surface area contributed by atoms with Crippen molar-refractivity contribution < 1.29 is 30.8 Å². The zero-order chi connectivity index (χ0) is 25.5. The number of halogens is 4. The predicted octanol–water partition coefficient (Wildman–Crippen LogP) is 4.57. The molecule has 0 aliphatic heterocycles. The van der Waals surface area contributed by atoms with E-state index >= 15 is 0 Å². The number of alkyl halides is 3. The average molecular weight is 502 g/mol. The summed E-state index contributed by atoms with van der Waals surface area (Å²) in [7, 11) is -3.61. The van der Waals surface area contributed by atoms with Gasteiger partial charge in [-0.25, -0.2) is 17.8 Å². The van der Waals surface area contributed by atoms with Crippen molar-refractivity contribution in [1.29, 1.82) is 0 Å². The smallest absolute Gasteiger partial charge is 0.352 e. The van der Waals surface area contributed by atoms with E-state index in [1.54, 1.807) is 0 Å². The summed E-state index contributed by atoms with van der Waals surface area (Å²) in [6.45, 7) is 4.02. The maximum Gasteiger partial charge on any atom is 0.433 e. The van der Waals surface area contributed by atoms with Gasteiger partial charge < -0.3 is 5.32 Å². The van der Waals surface area contributed by atoms with Crippen LogP contribution in [0.2, 0.25) is 0 Å². The molecule has 1 heterocycles. The predicted molar refractivity (Wildman–Crippen MR) is 123 cm³/mol. The fourth-order valence-corrected chi connectivity index (χ4v) is 3.58. The largest absolute Gasteiger partial charge is 0.433 e. The Morgan fingerprint density at radius 2 is 1.91 bits per heavy atom. The highest BCUT2D eigenvalue weighted by Crippen LogP contribution is 2.29. The third-order valence-corrected chi connectivity index (χ3v) is 5.59. The maximum absolute atomic E-state index is 14.0. The number of rotatable bonds is 10. The van der Waals surface area contributed by atoms with E-state index in [2.05, 4.69) is 15.0 Å². The summed E-state index contributed by atoms with van der Waals surface area (Å²) in [6.07, 6.45) is 0.400. The normalized spacial score (nSPS) is 13.1.